The Morgan fingerprint density at radius 2 is 1.74 bits per heavy atom. The fourth-order valence-corrected chi connectivity index (χ4v) is 3.51. The van der Waals surface area contributed by atoms with Gasteiger partial charge in [0.05, 0.1) is 0 Å². The summed E-state index contributed by atoms with van der Waals surface area (Å²) in [6, 6.07) is 14.4. The van der Waals surface area contributed by atoms with Gasteiger partial charge < -0.3 is 4.90 Å². The normalized spacial score (nSPS) is 21.0. The first-order chi connectivity index (χ1) is 12.9. The number of piperazine rings is 1. The van der Waals surface area contributed by atoms with Crippen molar-refractivity contribution in [2.45, 2.75) is 32.5 Å². The molecule has 1 heterocycles. The van der Waals surface area contributed by atoms with Crippen LogP contribution in [0, 0.1) is 5.82 Å². The lowest BCUT2D eigenvalue weighted by atomic mass is 10.1. The van der Waals surface area contributed by atoms with Crippen LogP contribution < -0.4 is 0 Å². The molecule has 5 heteroatoms. The van der Waals surface area contributed by atoms with Gasteiger partial charge in [-0.2, -0.15) is 0 Å². The van der Waals surface area contributed by atoms with E-state index in [0.717, 1.165) is 24.2 Å². The summed E-state index contributed by atoms with van der Waals surface area (Å²) in [7, 11) is 0. The highest BCUT2D eigenvalue weighted by molar-refractivity contribution is 6.30. The molecule has 2 atom stereocenters. The Morgan fingerprint density at radius 3 is 2.41 bits per heavy atom. The van der Waals surface area contributed by atoms with Crippen LogP contribution in [0.25, 0.3) is 6.08 Å². The van der Waals surface area contributed by atoms with Gasteiger partial charge in [-0.15, -0.1) is 0 Å². The van der Waals surface area contributed by atoms with Crippen LogP contribution in [-0.4, -0.2) is 40.9 Å². The number of hydrogen-bond donors (Lipinski definition) is 0. The molecule has 1 aliphatic heterocycles. The smallest absolute Gasteiger partial charge is 0.246 e. The maximum absolute atomic E-state index is 13.1. The lowest BCUT2D eigenvalue weighted by Crippen LogP contribution is -2.57. The highest BCUT2D eigenvalue weighted by Crippen LogP contribution is 2.19. The largest absolute Gasteiger partial charge is 0.334 e. The Kier molecular flexibility index (Phi) is 6.30. The number of carbonyl (C=O) groups is 1. The van der Waals surface area contributed by atoms with Gasteiger partial charge >= 0.3 is 0 Å². The van der Waals surface area contributed by atoms with E-state index < -0.39 is 0 Å². The van der Waals surface area contributed by atoms with E-state index in [1.807, 2.05) is 47.4 Å². The van der Waals surface area contributed by atoms with Crippen LogP contribution in [0.1, 0.15) is 25.0 Å². The van der Waals surface area contributed by atoms with E-state index in [4.69, 9.17) is 11.6 Å². The number of carbonyl (C=O) groups excluding carboxylic acids is 1. The molecule has 0 saturated carbocycles. The number of rotatable bonds is 4. The summed E-state index contributed by atoms with van der Waals surface area (Å²) in [4.78, 5) is 16.9. The van der Waals surface area contributed by atoms with Gasteiger partial charge in [0.1, 0.15) is 5.82 Å². The van der Waals surface area contributed by atoms with Gasteiger partial charge in [-0.25, -0.2) is 4.39 Å². The molecule has 0 spiro atoms. The predicted molar refractivity (Wildman–Crippen MR) is 108 cm³/mol. The van der Waals surface area contributed by atoms with Gasteiger partial charge in [0.2, 0.25) is 5.91 Å². The maximum Gasteiger partial charge on any atom is 0.246 e. The summed E-state index contributed by atoms with van der Waals surface area (Å²) in [5.74, 6) is -0.200. The molecule has 0 bridgehead atoms. The van der Waals surface area contributed by atoms with Gasteiger partial charge in [-0.3, -0.25) is 9.69 Å². The van der Waals surface area contributed by atoms with E-state index in [-0.39, 0.29) is 23.8 Å². The van der Waals surface area contributed by atoms with Gasteiger partial charge in [-0.1, -0.05) is 35.9 Å². The molecule has 1 amide bonds. The zero-order chi connectivity index (χ0) is 19.4. The second-order valence-corrected chi connectivity index (χ2v) is 7.57. The number of nitrogens with zero attached hydrogens (tertiary/aromatic N) is 2. The summed E-state index contributed by atoms with van der Waals surface area (Å²) in [5.41, 5.74) is 2.03. The quantitative estimate of drug-likeness (QED) is 0.716. The minimum Gasteiger partial charge on any atom is -0.334 e. The third-order valence-electron chi connectivity index (χ3n) is 4.99. The zero-order valence-corrected chi connectivity index (χ0v) is 16.4. The molecule has 1 fully saturated rings. The third kappa shape index (κ3) is 5.18. The molecule has 2 aromatic rings. The van der Waals surface area contributed by atoms with E-state index in [9.17, 15) is 9.18 Å². The lowest BCUT2D eigenvalue weighted by molar-refractivity contribution is -0.131. The average molecular weight is 387 g/mol. The van der Waals surface area contributed by atoms with Crippen LogP contribution in [-0.2, 0) is 11.3 Å². The topological polar surface area (TPSA) is 23.6 Å². The van der Waals surface area contributed by atoms with Crippen molar-refractivity contribution < 1.29 is 9.18 Å². The first kappa shape index (κ1) is 19.6. The van der Waals surface area contributed by atoms with Crippen LogP contribution >= 0.6 is 11.6 Å². The van der Waals surface area contributed by atoms with Crippen molar-refractivity contribution in [1.29, 1.82) is 0 Å². The predicted octanol–water partition coefficient (Wildman–Crippen LogP) is 4.61. The second-order valence-electron chi connectivity index (χ2n) is 7.13. The summed E-state index contributed by atoms with van der Waals surface area (Å²) in [6.07, 6.45) is 3.45. The van der Waals surface area contributed by atoms with Crippen molar-refractivity contribution in [3.8, 4) is 0 Å². The van der Waals surface area contributed by atoms with E-state index in [1.54, 1.807) is 6.08 Å². The molecule has 0 aliphatic carbocycles. The van der Waals surface area contributed by atoms with Crippen LogP contribution in [0.15, 0.2) is 54.6 Å². The van der Waals surface area contributed by atoms with Crippen molar-refractivity contribution in [2.75, 3.05) is 13.1 Å². The monoisotopic (exact) mass is 386 g/mol. The van der Waals surface area contributed by atoms with Crippen molar-refractivity contribution in [2.24, 2.45) is 0 Å². The van der Waals surface area contributed by atoms with E-state index in [0.29, 0.717) is 11.6 Å². The fourth-order valence-electron chi connectivity index (χ4n) is 3.39. The van der Waals surface area contributed by atoms with E-state index >= 15 is 0 Å². The van der Waals surface area contributed by atoms with Crippen LogP contribution in [0.5, 0.6) is 0 Å². The molecule has 0 radical (unpaired) electrons. The van der Waals surface area contributed by atoms with Crippen molar-refractivity contribution in [3.63, 3.8) is 0 Å². The molecule has 1 saturated heterocycles. The number of hydrogen-bond acceptors (Lipinski definition) is 2. The van der Waals surface area contributed by atoms with Gasteiger partial charge in [-0.05, 0) is 55.3 Å². The molecule has 1 aliphatic rings. The highest BCUT2D eigenvalue weighted by Gasteiger charge is 2.30. The highest BCUT2D eigenvalue weighted by atomic mass is 35.5. The third-order valence-corrected chi connectivity index (χ3v) is 5.24. The maximum atomic E-state index is 13.1. The molecule has 3 nitrogen and oxygen atoms in total. The molecule has 3 rings (SSSR count). The Balaban J connectivity index is 1.61. The van der Waals surface area contributed by atoms with Crippen LogP contribution in [0.2, 0.25) is 5.02 Å². The molecule has 27 heavy (non-hydrogen) atoms. The Morgan fingerprint density at radius 1 is 1.07 bits per heavy atom. The van der Waals surface area contributed by atoms with Gasteiger partial charge in [0.25, 0.3) is 0 Å². The summed E-state index contributed by atoms with van der Waals surface area (Å²) < 4.78 is 13.1. The molecular formula is C22H24ClFN2O. The van der Waals surface area contributed by atoms with E-state index in [1.165, 1.54) is 12.1 Å². The van der Waals surface area contributed by atoms with E-state index in [2.05, 4.69) is 18.7 Å². The van der Waals surface area contributed by atoms with Crippen molar-refractivity contribution >= 4 is 23.6 Å². The number of halogens is 2. The SMILES string of the molecule is C[C@@H]1CN(Cc2ccc(F)cc2)[C@@H](C)CN1C(=O)C=Cc1ccc(Cl)cc1. The summed E-state index contributed by atoms with van der Waals surface area (Å²) in [5, 5.41) is 0.679. The lowest BCUT2D eigenvalue weighted by Gasteiger charge is -2.44. The molecule has 142 valence electrons. The molecule has 0 unspecified atom stereocenters. The fraction of sp³-hybridized carbons (Fsp3) is 0.318. The Labute approximate surface area is 165 Å². The van der Waals surface area contributed by atoms with Crippen molar-refractivity contribution in [3.05, 3.63) is 76.6 Å². The van der Waals surface area contributed by atoms with Gasteiger partial charge in [0, 0.05) is 42.8 Å². The molecular weight excluding hydrogens is 363 g/mol. The number of amides is 1. The first-order valence-electron chi connectivity index (χ1n) is 9.15. The molecule has 2 aromatic carbocycles. The Hall–Kier alpha value is -2.17. The summed E-state index contributed by atoms with van der Waals surface area (Å²) in [6.45, 7) is 6.41. The molecule has 0 N–H and O–H groups in total. The van der Waals surface area contributed by atoms with Crippen LogP contribution in [0.4, 0.5) is 4.39 Å². The summed E-state index contributed by atoms with van der Waals surface area (Å²) >= 11 is 5.89. The van der Waals surface area contributed by atoms with Crippen LogP contribution in [0.3, 0.4) is 0 Å². The molecule has 0 aromatic heterocycles. The standard InChI is InChI=1S/C22H24ClFN2O/c1-16-14-26(22(27)12-7-18-3-8-20(23)9-4-18)17(2)13-25(16)15-19-5-10-21(24)11-6-19/h3-12,16-17H,13-15H2,1-2H3/t16-,17+/m0/s1. The average Bonchev–Trinajstić information content (AvgIpc) is 2.65. The van der Waals surface area contributed by atoms with Gasteiger partial charge in [0.15, 0.2) is 0 Å². The minimum atomic E-state index is -0.219. The second kappa shape index (κ2) is 8.68. The Bertz CT molecular complexity index is 804. The zero-order valence-electron chi connectivity index (χ0n) is 15.6. The minimum absolute atomic E-state index is 0.0192. The first-order valence-corrected chi connectivity index (χ1v) is 9.53. The number of benzene rings is 2. The van der Waals surface area contributed by atoms with Crippen molar-refractivity contribution in [1.82, 2.24) is 9.80 Å².